The summed E-state index contributed by atoms with van der Waals surface area (Å²) in [6, 6.07) is 11.0. The summed E-state index contributed by atoms with van der Waals surface area (Å²) in [7, 11) is -0.227. The molecule has 0 bridgehead atoms. The van der Waals surface area contributed by atoms with Crippen molar-refractivity contribution in [2.75, 3.05) is 13.1 Å². The first-order chi connectivity index (χ1) is 7.50. The van der Waals surface area contributed by atoms with Gasteiger partial charge in [-0.3, -0.25) is 4.67 Å². The van der Waals surface area contributed by atoms with E-state index in [1.807, 2.05) is 0 Å². The van der Waals surface area contributed by atoms with Crippen molar-refractivity contribution < 1.29 is 0 Å². The van der Waals surface area contributed by atoms with Crippen molar-refractivity contribution in [3.8, 4) is 0 Å². The minimum Gasteiger partial charge on any atom is -0.279 e. The molecule has 90 valence electrons. The van der Waals surface area contributed by atoms with Gasteiger partial charge in [0.1, 0.15) is 0 Å². The van der Waals surface area contributed by atoms with Crippen LogP contribution in [0.15, 0.2) is 30.3 Å². The highest BCUT2D eigenvalue weighted by Gasteiger charge is 2.29. The van der Waals surface area contributed by atoms with E-state index in [1.54, 1.807) is 0 Å². The molecule has 2 heteroatoms. The predicted octanol–water partition coefficient (Wildman–Crippen LogP) is 3.85. The number of hydrogen-bond donors (Lipinski definition) is 0. The molecule has 16 heavy (non-hydrogen) atoms. The topological polar surface area (TPSA) is 3.24 Å². The van der Waals surface area contributed by atoms with Gasteiger partial charge in [-0.15, -0.1) is 0 Å². The van der Waals surface area contributed by atoms with Gasteiger partial charge in [0.15, 0.2) is 0 Å². The maximum Gasteiger partial charge on any atom is 0.00156 e. The second-order valence-corrected chi connectivity index (χ2v) is 8.00. The summed E-state index contributed by atoms with van der Waals surface area (Å²) in [5.41, 5.74) is 0. The van der Waals surface area contributed by atoms with E-state index >= 15 is 0 Å². The van der Waals surface area contributed by atoms with Gasteiger partial charge in [-0.1, -0.05) is 65.0 Å². The van der Waals surface area contributed by atoms with Crippen molar-refractivity contribution in [1.82, 2.24) is 4.67 Å². The SMILES string of the molecule is CCN(CC)P(c1ccccc1)C(C)(C)C. The summed E-state index contributed by atoms with van der Waals surface area (Å²) in [5.74, 6) is 0. The third kappa shape index (κ3) is 3.30. The molecule has 0 fully saturated rings. The monoisotopic (exact) mass is 237 g/mol. The highest BCUT2D eigenvalue weighted by molar-refractivity contribution is 7.64. The highest BCUT2D eigenvalue weighted by Crippen LogP contribution is 2.51. The fourth-order valence-corrected chi connectivity index (χ4v) is 5.02. The summed E-state index contributed by atoms with van der Waals surface area (Å²) in [5, 5.41) is 1.83. The zero-order valence-corrected chi connectivity index (χ0v) is 12.1. The van der Waals surface area contributed by atoms with Gasteiger partial charge >= 0.3 is 0 Å². The Morgan fingerprint density at radius 1 is 1.00 bits per heavy atom. The minimum atomic E-state index is -0.227. The van der Waals surface area contributed by atoms with Crippen molar-refractivity contribution in [2.45, 2.75) is 39.8 Å². The molecule has 1 nitrogen and oxygen atoms in total. The molecule has 0 N–H and O–H groups in total. The van der Waals surface area contributed by atoms with Crippen LogP contribution in [0.3, 0.4) is 0 Å². The second-order valence-electron chi connectivity index (χ2n) is 4.96. The smallest absolute Gasteiger partial charge is 0.00156 e. The molecule has 1 rings (SSSR count). The van der Waals surface area contributed by atoms with Crippen LogP contribution in [0.4, 0.5) is 0 Å². The normalized spacial score (nSPS) is 14.1. The van der Waals surface area contributed by atoms with Crippen molar-refractivity contribution in [3.63, 3.8) is 0 Å². The van der Waals surface area contributed by atoms with Gasteiger partial charge in [0.25, 0.3) is 0 Å². The molecule has 0 aromatic heterocycles. The average molecular weight is 237 g/mol. The quantitative estimate of drug-likeness (QED) is 0.719. The molecule has 0 spiro atoms. The third-order valence-electron chi connectivity index (χ3n) is 2.65. The van der Waals surface area contributed by atoms with Crippen molar-refractivity contribution in [2.24, 2.45) is 0 Å². The first kappa shape index (κ1) is 13.7. The molecular formula is C14H24NP. The summed E-state index contributed by atoms with van der Waals surface area (Å²) >= 11 is 0. The maximum absolute atomic E-state index is 2.60. The molecule has 0 aliphatic heterocycles. The Kier molecular flexibility index (Phi) is 4.95. The number of benzene rings is 1. The van der Waals surface area contributed by atoms with Gasteiger partial charge in [-0.2, -0.15) is 0 Å². The second kappa shape index (κ2) is 5.80. The summed E-state index contributed by atoms with van der Waals surface area (Å²) < 4.78 is 2.60. The van der Waals surface area contributed by atoms with Crippen LogP contribution < -0.4 is 5.30 Å². The molecular weight excluding hydrogens is 213 g/mol. The van der Waals surface area contributed by atoms with Gasteiger partial charge in [0.05, 0.1) is 0 Å². The van der Waals surface area contributed by atoms with Crippen LogP contribution in [0.2, 0.25) is 0 Å². The zero-order chi connectivity index (χ0) is 12.2. The molecule has 0 heterocycles. The Bertz CT molecular complexity index is 298. The molecule has 1 atom stereocenters. The summed E-state index contributed by atoms with van der Waals surface area (Å²) in [4.78, 5) is 0. The fraction of sp³-hybridized carbons (Fsp3) is 0.571. The lowest BCUT2D eigenvalue weighted by atomic mass is 10.3. The van der Waals surface area contributed by atoms with Crippen molar-refractivity contribution >= 4 is 13.4 Å². The summed E-state index contributed by atoms with van der Waals surface area (Å²) in [6.45, 7) is 13.8. The van der Waals surface area contributed by atoms with Crippen LogP contribution in [-0.4, -0.2) is 22.9 Å². The Hall–Kier alpha value is -0.390. The van der Waals surface area contributed by atoms with Gasteiger partial charge in [-0.25, -0.2) is 0 Å². The van der Waals surface area contributed by atoms with E-state index in [0.29, 0.717) is 5.16 Å². The van der Waals surface area contributed by atoms with Crippen LogP contribution in [0, 0.1) is 0 Å². The standard InChI is InChI=1S/C14H24NP/c1-6-15(7-2)16(14(3,4)5)13-11-9-8-10-12-13/h8-12H,6-7H2,1-5H3. The van der Waals surface area contributed by atoms with E-state index in [-0.39, 0.29) is 8.07 Å². The largest absolute Gasteiger partial charge is 0.279 e. The van der Waals surface area contributed by atoms with Crippen molar-refractivity contribution in [1.29, 1.82) is 0 Å². The zero-order valence-electron chi connectivity index (χ0n) is 11.2. The maximum atomic E-state index is 2.60. The van der Waals surface area contributed by atoms with E-state index in [0.717, 1.165) is 13.1 Å². The Morgan fingerprint density at radius 2 is 1.50 bits per heavy atom. The molecule has 0 radical (unpaired) electrons. The third-order valence-corrected chi connectivity index (χ3v) is 5.84. The molecule has 0 saturated carbocycles. The first-order valence-corrected chi connectivity index (χ1v) is 7.40. The van der Waals surface area contributed by atoms with Crippen LogP contribution in [0.5, 0.6) is 0 Å². The average Bonchev–Trinajstić information content (AvgIpc) is 2.25. The predicted molar refractivity (Wildman–Crippen MR) is 75.7 cm³/mol. The molecule has 0 aliphatic rings. The van der Waals surface area contributed by atoms with E-state index in [1.165, 1.54) is 5.30 Å². The van der Waals surface area contributed by atoms with E-state index in [4.69, 9.17) is 0 Å². The first-order valence-electron chi connectivity index (χ1n) is 6.10. The lowest BCUT2D eigenvalue weighted by molar-refractivity contribution is 0.494. The Labute approximate surface area is 102 Å². The minimum absolute atomic E-state index is 0.227. The van der Waals surface area contributed by atoms with Crippen LogP contribution in [0.1, 0.15) is 34.6 Å². The van der Waals surface area contributed by atoms with Gasteiger partial charge in [-0.05, 0) is 23.6 Å². The number of nitrogens with zero attached hydrogens (tertiary/aromatic N) is 1. The van der Waals surface area contributed by atoms with Crippen LogP contribution in [-0.2, 0) is 0 Å². The highest BCUT2D eigenvalue weighted by atomic mass is 31.1. The Balaban J connectivity index is 3.06. The van der Waals surface area contributed by atoms with Gasteiger partial charge < -0.3 is 0 Å². The van der Waals surface area contributed by atoms with E-state index < -0.39 is 0 Å². The fourth-order valence-electron chi connectivity index (χ4n) is 2.05. The summed E-state index contributed by atoms with van der Waals surface area (Å²) in [6.07, 6.45) is 0. The van der Waals surface area contributed by atoms with E-state index in [9.17, 15) is 0 Å². The van der Waals surface area contributed by atoms with Crippen LogP contribution >= 0.6 is 8.07 Å². The molecule has 0 aliphatic carbocycles. The molecule has 0 saturated heterocycles. The lowest BCUT2D eigenvalue weighted by Gasteiger charge is -2.39. The van der Waals surface area contributed by atoms with Gasteiger partial charge in [0, 0.05) is 8.07 Å². The lowest BCUT2D eigenvalue weighted by Crippen LogP contribution is -2.32. The number of hydrogen-bond acceptors (Lipinski definition) is 1. The molecule has 0 amide bonds. The van der Waals surface area contributed by atoms with Crippen molar-refractivity contribution in [3.05, 3.63) is 30.3 Å². The molecule has 1 aromatic rings. The molecule has 1 aromatic carbocycles. The van der Waals surface area contributed by atoms with Crippen LogP contribution in [0.25, 0.3) is 0 Å². The van der Waals surface area contributed by atoms with E-state index in [2.05, 4.69) is 69.6 Å². The Morgan fingerprint density at radius 3 is 1.88 bits per heavy atom. The molecule has 1 unspecified atom stereocenters. The van der Waals surface area contributed by atoms with Gasteiger partial charge in [0.2, 0.25) is 0 Å². The number of rotatable bonds is 4.